The average molecular weight is 391 g/mol. The minimum atomic E-state index is -0.331. The summed E-state index contributed by atoms with van der Waals surface area (Å²) in [6.45, 7) is 2.98. The molecule has 0 fully saturated rings. The number of hydrogen-bond acceptors (Lipinski definition) is 2. The molecular weight excluding hydrogens is 373 g/mol. The molecule has 21 heavy (non-hydrogen) atoms. The van der Waals surface area contributed by atoms with Gasteiger partial charge in [0, 0.05) is 34.6 Å². The lowest BCUT2D eigenvalue weighted by Gasteiger charge is -2.30. The first-order valence-corrected chi connectivity index (χ1v) is 8.76. The third-order valence-corrected chi connectivity index (χ3v) is 5.15. The first-order chi connectivity index (χ1) is 10.1. The fraction of sp³-hybridized carbons (Fsp3) is 0.467. The summed E-state index contributed by atoms with van der Waals surface area (Å²) in [4.78, 5) is 4.38. The predicted molar refractivity (Wildman–Crippen MR) is 91.3 cm³/mol. The van der Waals surface area contributed by atoms with Crippen LogP contribution in [-0.4, -0.2) is 26.5 Å². The van der Waals surface area contributed by atoms with Crippen molar-refractivity contribution in [3.8, 4) is 0 Å². The molecule has 6 heteroatoms. The van der Waals surface area contributed by atoms with Gasteiger partial charge in [-0.05, 0) is 24.1 Å². The molecule has 0 saturated heterocycles. The number of nitrogens with zero attached hydrogens (tertiary/aromatic N) is 3. The Labute approximate surface area is 143 Å². The lowest BCUT2D eigenvalue weighted by atomic mass is 9.81. The second kappa shape index (κ2) is 7.61. The van der Waals surface area contributed by atoms with Crippen LogP contribution in [0.25, 0.3) is 0 Å². The maximum absolute atomic E-state index is 6.29. The average Bonchev–Trinajstić information content (AvgIpc) is 2.93. The molecule has 0 spiro atoms. The molecule has 0 bridgehead atoms. The molecule has 114 valence electrons. The summed E-state index contributed by atoms with van der Waals surface area (Å²) >= 11 is 16.0. The molecule has 0 amide bonds. The second-order valence-electron chi connectivity index (χ2n) is 5.13. The van der Waals surface area contributed by atoms with E-state index in [0.29, 0.717) is 18.2 Å². The van der Waals surface area contributed by atoms with Crippen molar-refractivity contribution in [1.29, 1.82) is 0 Å². The van der Waals surface area contributed by atoms with Crippen LogP contribution in [-0.2, 0) is 18.4 Å². The smallest absolute Gasteiger partial charge is 0.138 e. The van der Waals surface area contributed by atoms with Crippen LogP contribution in [0.15, 0.2) is 35.1 Å². The van der Waals surface area contributed by atoms with Crippen LogP contribution in [0.3, 0.4) is 0 Å². The highest BCUT2D eigenvalue weighted by Crippen LogP contribution is 2.32. The zero-order valence-corrected chi connectivity index (χ0v) is 15.0. The van der Waals surface area contributed by atoms with Gasteiger partial charge >= 0.3 is 0 Å². The maximum atomic E-state index is 6.29. The Hall–Kier alpha value is -0.580. The Morgan fingerprint density at radius 2 is 1.86 bits per heavy atom. The highest BCUT2D eigenvalue weighted by atomic mass is 79.9. The minimum Gasteiger partial charge on any atom is -0.250 e. The van der Waals surface area contributed by atoms with Crippen LogP contribution in [0.4, 0.5) is 0 Å². The molecule has 0 radical (unpaired) electrons. The Kier molecular flexibility index (Phi) is 6.08. The van der Waals surface area contributed by atoms with Gasteiger partial charge in [-0.3, -0.25) is 4.68 Å². The molecule has 0 unspecified atom stereocenters. The van der Waals surface area contributed by atoms with Crippen LogP contribution in [0.5, 0.6) is 0 Å². The minimum absolute atomic E-state index is 0.331. The zero-order chi connectivity index (χ0) is 15.3. The van der Waals surface area contributed by atoms with Crippen LogP contribution < -0.4 is 0 Å². The van der Waals surface area contributed by atoms with Crippen molar-refractivity contribution in [2.24, 2.45) is 0 Å². The fourth-order valence-electron chi connectivity index (χ4n) is 2.32. The van der Waals surface area contributed by atoms with E-state index in [1.165, 1.54) is 0 Å². The summed E-state index contributed by atoms with van der Waals surface area (Å²) in [5.41, 5.74) is 0.796. The SMILES string of the molecule is CCCn1ncnc1CC(CCl)(CCl)c1ccc(Br)cc1. The van der Waals surface area contributed by atoms with E-state index in [0.717, 1.165) is 28.8 Å². The van der Waals surface area contributed by atoms with E-state index in [4.69, 9.17) is 23.2 Å². The Morgan fingerprint density at radius 1 is 1.19 bits per heavy atom. The summed E-state index contributed by atoms with van der Waals surface area (Å²) in [5, 5.41) is 4.28. The first kappa shape index (κ1) is 16.8. The predicted octanol–water partition coefficient (Wildman–Crippen LogP) is 4.41. The number of halogens is 3. The number of alkyl halides is 2. The van der Waals surface area contributed by atoms with Crippen molar-refractivity contribution in [2.45, 2.75) is 31.7 Å². The van der Waals surface area contributed by atoms with Crippen molar-refractivity contribution in [3.05, 3.63) is 46.5 Å². The molecular formula is C15H18BrCl2N3. The molecule has 1 aromatic carbocycles. The van der Waals surface area contributed by atoms with Crippen LogP contribution in [0.2, 0.25) is 0 Å². The molecule has 2 aromatic rings. The molecule has 0 aliphatic carbocycles. The van der Waals surface area contributed by atoms with Gasteiger partial charge in [0.2, 0.25) is 0 Å². The number of aromatic nitrogens is 3. The molecule has 3 nitrogen and oxygen atoms in total. The van der Waals surface area contributed by atoms with Crippen molar-refractivity contribution in [3.63, 3.8) is 0 Å². The topological polar surface area (TPSA) is 30.7 Å². The third kappa shape index (κ3) is 3.79. The standard InChI is InChI=1S/C15H18BrCl2N3/c1-2-7-21-14(19-11-20-21)8-15(9-17,10-18)12-3-5-13(16)6-4-12/h3-6,11H,2,7-10H2,1H3. The maximum Gasteiger partial charge on any atom is 0.138 e. The molecule has 2 rings (SSSR count). The highest BCUT2D eigenvalue weighted by Gasteiger charge is 2.32. The van der Waals surface area contributed by atoms with Gasteiger partial charge < -0.3 is 0 Å². The summed E-state index contributed by atoms with van der Waals surface area (Å²) in [7, 11) is 0. The summed E-state index contributed by atoms with van der Waals surface area (Å²) in [6.07, 6.45) is 3.30. The van der Waals surface area contributed by atoms with E-state index in [1.807, 2.05) is 16.8 Å². The number of hydrogen-bond donors (Lipinski definition) is 0. The van der Waals surface area contributed by atoms with Gasteiger partial charge in [-0.25, -0.2) is 4.98 Å². The first-order valence-electron chi connectivity index (χ1n) is 6.90. The molecule has 0 aliphatic rings. The van der Waals surface area contributed by atoms with E-state index in [1.54, 1.807) is 6.33 Å². The van der Waals surface area contributed by atoms with Gasteiger partial charge in [0.1, 0.15) is 12.2 Å². The van der Waals surface area contributed by atoms with Gasteiger partial charge in [0.15, 0.2) is 0 Å². The molecule has 0 N–H and O–H groups in total. The third-order valence-electron chi connectivity index (χ3n) is 3.60. The largest absolute Gasteiger partial charge is 0.250 e. The van der Waals surface area contributed by atoms with E-state index >= 15 is 0 Å². The van der Waals surface area contributed by atoms with Crippen molar-refractivity contribution in [1.82, 2.24) is 14.8 Å². The normalized spacial score (nSPS) is 11.8. The monoisotopic (exact) mass is 389 g/mol. The Balaban J connectivity index is 2.33. The van der Waals surface area contributed by atoms with Crippen LogP contribution >= 0.6 is 39.1 Å². The van der Waals surface area contributed by atoms with E-state index in [2.05, 4.69) is 45.1 Å². The lowest BCUT2D eigenvalue weighted by molar-refractivity contribution is 0.481. The van der Waals surface area contributed by atoms with Gasteiger partial charge in [-0.2, -0.15) is 5.10 Å². The summed E-state index contributed by atoms with van der Waals surface area (Å²) < 4.78 is 2.98. The zero-order valence-electron chi connectivity index (χ0n) is 11.9. The van der Waals surface area contributed by atoms with Crippen LogP contribution in [0, 0.1) is 0 Å². The van der Waals surface area contributed by atoms with Crippen molar-refractivity contribution >= 4 is 39.1 Å². The van der Waals surface area contributed by atoms with Crippen LogP contribution in [0.1, 0.15) is 24.7 Å². The molecule has 0 atom stereocenters. The molecule has 1 aromatic heterocycles. The Bertz CT molecular complexity index is 565. The fourth-order valence-corrected chi connectivity index (χ4v) is 3.36. The quantitative estimate of drug-likeness (QED) is 0.655. The van der Waals surface area contributed by atoms with E-state index in [-0.39, 0.29) is 5.41 Å². The van der Waals surface area contributed by atoms with Gasteiger partial charge in [0.05, 0.1) is 0 Å². The second-order valence-corrected chi connectivity index (χ2v) is 6.58. The van der Waals surface area contributed by atoms with E-state index < -0.39 is 0 Å². The molecule has 1 heterocycles. The number of rotatable bonds is 7. The summed E-state index contributed by atoms with van der Waals surface area (Å²) in [5.74, 6) is 1.81. The molecule has 0 saturated carbocycles. The van der Waals surface area contributed by atoms with Gasteiger partial charge in [0.25, 0.3) is 0 Å². The van der Waals surface area contributed by atoms with Crippen molar-refractivity contribution in [2.75, 3.05) is 11.8 Å². The highest BCUT2D eigenvalue weighted by molar-refractivity contribution is 9.10. The summed E-state index contributed by atoms with van der Waals surface area (Å²) in [6, 6.07) is 8.16. The Morgan fingerprint density at radius 3 is 2.43 bits per heavy atom. The lowest BCUT2D eigenvalue weighted by Crippen LogP contribution is -2.34. The van der Waals surface area contributed by atoms with Gasteiger partial charge in [-0.15, -0.1) is 23.2 Å². The van der Waals surface area contributed by atoms with Crippen molar-refractivity contribution < 1.29 is 0 Å². The number of benzene rings is 1. The molecule has 0 aliphatic heterocycles. The number of aryl methyl sites for hydroxylation is 1. The van der Waals surface area contributed by atoms with Gasteiger partial charge in [-0.1, -0.05) is 35.0 Å². The van der Waals surface area contributed by atoms with E-state index in [9.17, 15) is 0 Å².